The summed E-state index contributed by atoms with van der Waals surface area (Å²) in [6, 6.07) is 10.3. The highest BCUT2D eigenvalue weighted by Crippen LogP contribution is 2.54. The zero-order chi connectivity index (χ0) is 20.0. The van der Waals surface area contributed by atoms with Gasteiger partial charge in [-0.1, -0.05) is 12.5 Å². The molecular formula is C24H24FN3O. The van der Waals surface area contributed by atoms with E-state index in [-0.39, 0.29) is 17.2 Å². The van der Waals surface area contributed by atoms with Crippen molar-refractivity contribution in [1.82, 2.24) is 14.8 Å². The molecule has 2 aromatic heterocycles. The van der Waals surface area contributed by atoms with Gasteiger partial charge in [-0.25, -0.2) is 9.07 Å². The lowest BCUT2D eigenvalue weighted by atomic mass is 9.58. The van der Waals surface area contributed by atoms with Gasteiger partial charge in [0, 0.05) is 12.4 Å². The number of aromatic nitrogens is 3. The predicted molar refractivity (Wildman–Crippen MR) is 110 cm³/mol. The Morgan fingerprint density at radius 1 is 1.17 bits per heavy atom. The fraction of sp³-hybridized carbons (Fsp3) is 0.333. The molecule has 4 nitrogen and oxygen atoms in total. The molecule has 148 valence electrons. The van der Waals surface area contributed by atoms with E-state index in [4.69, 9.17) is 0 Å². The molecule has 0 amide bonds. The van der Waals surface area contributed by atoms with Crippen molar-refractivity contribution in [3.8, 4) is 5.69 Å². The summed E-state index contributed by atoms with van der Waals surface area (Å²) in [7, 11) is 0. The molecular weight excluding hydrogens is 365 g/mol. The van der Waals surface area contributed by atoms with Gasteiger partial charge in [0.2, 0.25) is 0 Å². The Morgan fingerprint density at radius 3 is 2.69 bits per heavy atom. The first-order chi connectivity index (χ1) is 14.1. The molecule has 2 aliphatic carbocycles. The molecule has 5 heteroatoms. The molecule has 0 spiro atoms. The third-order valence-corrected chi connectivity index (χ3v) is 6.77. The summed E-state index contributed by atoms with van der Waals surface area (Å²) in [6.07, 6.45) is 11.1. The van der Waals surface area contributed by atoms with Crippen LogP contribution in [0.1, 0.15) is 49.1 Å². The van der Waals surface area contributed by atoms with E-state index in [0.29, 0.717) is 0 Å². The van der Waals surface area contributed by atoms with Crippen molar-refractivity contribution in [3.05, 3.63) is 83.2 Å². The maximum absolute atomic E-state index is 13.3. The van der Waals surface area contributed by atoms with E-state index >= 15 is 0 Å². The van der Waals surface area contributed by atoms with Gasteiger partial charge in [-0.15, -0.1) is 0 Å². The highest BCUT2D eigenvalue weighted by molar-refractivity contribution is 5.61. The monoisotopic (exact) mass is 389 g/mol. The smallest absolute Gasteiger partial charge is 0.123 e. The molecule has 0 radical (unpaired) electrons. The van der Waals surface area contributed by atoms with Crippen molar-refractivity contribution >= 4 is 6.08 Å². The van der Waals surface area contributed by atoms with Crippen LogP contribution in [0.4, 0.5) is 4.39 Å². The Kier molecular flexibility index (Phi) is 4.36. The Labute approximate surface area is 169 Å². The molecule has 0 aliphatic heterocycles. The van der Waals surface area contributed by atoms with Crippen LogP contribution in [0.2, 0.25) is 0 Å². The van der Waals surface area contributed by atoms with Gasteiger partial charge in [-0.05, 0) is 90.6 Å². The molecule has 2 aliphatic rings. The Hall–Kier alpha value is -2.79. The van der Waals surface area contributed by atoms with E-state index < -0.39 is 6.10 Å². The van der Waals surface area contributed by atoms with E-state index in [1.165, 1.54) is 23.3 Å². The van der Waals surface area contributed by atoms with Crippen LogP contribution in [-0.2, 0) is 6.42 Å². The number of aliphatic hydroxyl groups is 1. The summed E-state index contributed by atoms with van der Waals surface area (Å²) >= 11 is 0. The fourth-order valence-electron chi connectivity index (χ4n) is 5.17. The van der Waals surface area contributed by atoms with Crippen molar-refractivity contribution in [2.24, 2.45) is 11.3 Å². The van der Waals surface area contributed by atoms with Crippen LogP contribution in [0.25, 0.3) is 11.8 Å². The number of benzene rings is 1. The number of nitrogens with zero attached hydrogens (tertiary/aromatic N) is 3. The lowest BCUT2D eigenvalue weighted by molar-refractivity contribution is 0.0216. The van der Waals surface area contributed by atoms with Gasteiger partial charge in [0.05, 0.1) is 23.7 Å². The molecule has 1 fully saturated rings. The van der Waals surface area contributed by atoms with Crippen molar-refractivity contribution in [2.75, 3.05) is 0 Å². The first kappa shape index (κ1) is 18.3. The number of halogens is 1. The lowest BCUT2D eigenvalue weighted by Crippen LogP contribution is -2.40. The van der Waals surface area contributed by atoms with Crippen LogP contribution in [0.3, 0.4) is 0 Å². The van der Waals surface area contributed by atoms with E-state index in [0.717, 1.165) is 42.6 Å². The lowest BCUT2D eigenvalue weighted by Gasteiger charge is -2.47. The Balaban J connectivity index is 1.53. The Morgan fingerprint density at radius 2 is 1.93 bits per heavy atom. The van der Waals surface area contributed by atoms with Crippen LogP contribution in [-0.4, -0.2) is 19.9 Å². The fourth-order valence-corrected chi connectivity index (χ4v) is 5.17. The summed E-state index contributed by atoms with van der Waals surface area (Å²) in [4.78, 5) is 4.08. The minimum Gasteiger partial charge on any atom is -0.388 e. The average molecular weight is 389 g/mol. The quantitative estimate of drug-likeness (QED) is 0.694. The number of fused-ring (bicyclic) bond motifs is 2. The van der Waals surface area contributed by atoms with Gasteiger partial charge in [0.25, 0.3) is 0 Å². The molecule has 1 aromatic carbocycles. The van der Waals surface area contributed by atoms with Crippen LogP contribution in [0.5, 0.6) is 0 Å². The van der Waals surface area contributed by atoms with Crippen LogP contribution < -0.4 is 0 Å². The van der Waals surface area contributed by atoms with Crippen molar-refractivity contribution in [2.45, 2.75) is 38.7 Å². The SMILES string of the molecule is C[C@]12Cc3cnn(-c4ccc(F)cc4)c3C=C1CCC[C@@H]2[C@H](O)c1ccncc1. The first-order valence-electron chi connectivity index (χ1n) is 10.2. The van der Waals surface area contributed by atoms with Gasteiger partial charge < -0.3 is 5.11 Å². The number of hydrogen-bond acceptors (Lipinski definition) is 3. The molecule has 3 atom stereocenters. The minimum atomic E-state index is -0.514. The molecule has 5 rings (SSSR count). The second kappa shape index (κ2) is 6.92. The number of pyridine rings is 1. The average Bonchev–Trinajstić information content (AvgIpc) is 3.14. The largest absolute Gasteiger partial charge is 0.388 e. The third-order valence-electron chi connectivity index (χ3n) is 6.77. The van der Waals surface area contributed by atoms with Gasteiger partial charge in [-0.2, -0.15) is 5.10 Å². The van der Waals surface area contributed by atoms with E-state index in [1.807, 2.05) is 23.0 Å². The topological polar surface area (TPSA) is 50.9 Å². The van der Waals surface area contributed by atoms with Crippen molar-refractivity contribution < 1.29 is 9.50 Å². The van der Waals surface area contributed by atoms with E-state index in [1.54, 1.807) is 24.5 Å². The van der Waals surface area contributed by atoms with Gasteiger partial charge in [-0.3, -0.25) is 4.98 Å². The standard InChI is InChI=1S/C24H24FN3O/c1-24-14-17-15-27-28(20-7-5-19(25)6-8-20)22(17)13-18(24)3-2-4-21(24)23(29)16-9-11-26-12-10-16/h5-13,15,21,23,29H,2-4,14H2,1H3/t21-,23-,24+/m1/s1. The highest BCUT2D eigenvalue weighted by atomic mass is 19.1. The highest BCUT2D eigenvalue weighted by Gasteiger charge is 2.46. The molecule has 0 unspecified atom stereocenters. The normalized spacial score (nSPS) is 24.4. The summed E-state index contributed by atoms with van der Waals surface area (Å²) in [5.41, 5.74) is 5.30. The second-order valence-corrected chi connectivity index (χ2v) is 8.43. The van der Waals surface area contributed by atoms with Crippen molar-refractivity contribution in [1.29, 1.82) is 0 Å². The van der Waals surface area contributed by atoms with E-state index in [2.05, 4.69) is 23.1 Å². The summed E-state index contributed by atoms with van der Waals surface area (Å²) in [6.45, 7) is 2.28. The van der Waals surface area contributed by atoms with Crippen LogP contribution in [0, 0.1) is 17.2 Å². The van der Waals surface area contributed by atoms with Gasteiger partial charge in [0.1, 0.15) is 5.82 Å². The molecule has 1 N–H and O–H groups in total. The molecule has 0 bridgehead atoms. The predicted octanol–water partition coefficient (Wildman–Crippen LogP) is 4.89. The zero-order valence-corrected chi connectivity index (χ0v) is 16.4. The zero-order valence-electron chi connectivity index (χ0n) is 16.4. The summed E-state index contributed by atoms with van der Waals surface area (Å²) in [5.74, 6) is -0.104. The first-order valence-corrected chi connectivity index (χ1v) is 10.2. The molecule has 0 saturated heterocycles. The molecule has 2 heterocycles. The summed E-state index contributed by atoms with van der Waals surface area (Å²) in [5, 5.41) is 15.8. The van der Waals surface area contributed by atoms with Crippen molar-refractivity contribution in [3.63, 3.8) is 0 Å². The Bertz CT molecular complexity index is 1060. The van der Waals surface area contributed by atoms with Gasteiger partial charge >= 0.3 is 0 Å². The minimum absolute atomic E-state index is 0.107. The number of allylic oxidation sites excluding steroid dienone is 1. The number of aliphatic hydroxyl groups excluding tert-OH is 1. The number of hydrogen-bond donors (Lipinski definition) is 1. The van der Waals surface area contributed by atoms with Crippen LogP contribution >= 0.6 is 0 Å². The molecule has 3 aromatic rings. The van der Waals surface area contributed by atoms with Crippen LogP contribution in [0.15, 0.2) is 60.6 Å². The maximum Gasteiger partial charge on any atom is 0.123 e. The van der Waals surface area contributed by atoms with E-state index in [9.17, 15) is 9.50 Å². The maximum atomic E-state index is 13.3. The molecule has 1 saturated carbocycles. The number of rotatable bonds is 3. The third kappa shape index (κ3) is 3.01. The second-order valence-electron chi connectivity index (χ2n) is 8.43. The summed E-state index contributed by atoms with van der Waals surface area (Å²) < 4.78 is 15.2. The molecule has 29 heavy (non-hydrogen) atoms. The van der Waals surface area contributed by atoms with Gasteiger partial charge in [0.15, 0.2) is 0 Å².